The van der Waals surface area contributed by atoms with Crippen LogP contribution in [0.5, 0.6) is 0 Å². The Morgan fingerprint density at radius 1 is 0.976 bits per heavy atom. The topological polar surface area (TPSA) is 140 Å². The Morgan fingerprint density at radius 2 is 1.68 bits per heavy atom. The van der Waals surface area contributed by atoms with Gasteiger partial charge in [0.1, 0.15) is 0 Å². The fourth-order valence-corrected chi connectivity index (χ4v) is 5.54. The van der Waals surface area contributed by atoms with Crippen LogP contribution in [0, 0.1) is 37.2 Å². The zero-order valence-corrected chi connectivity index (χ0v) is 22.0. The van der Waals surface area contributed by atoms with Crippen molar-refractivity contribution in [3.63, 3.8) is 0 Å². The Balaban J connectivity index is 1.31. The first-order valence-corrected chi connectivity index (χ1v) is 12.9. The van der Waals surface area contributed by atoms with Crippen molar-refractivity contribution in [1.82, 2.24) is 29.1 Å². The predicted molar refractivity (Wildman–Crippen MR) is 142 cm³/mol. The smallest absolute Gasteiger partial charge is 0.352 e. The second-order valence-electron chi connectivity index (χ2n) is 10.6. The summed E-state index contributed by atoms with van der Waals surface area (Å²) in [5.41, 5.74) is -0.726. The third kappa shape index (κ3) is 4.89. The molecule has 0 saturated heterocycles. The van der Waals surface area contributed by atoms with Gasteiger partial charge in [0.25, 0.3) is 5.56 Å². The predicted octanol–water partition coefficient (Wildman–Crippen LogP) is 2.07. The SMILES string of the molecule is Cc1cc(C)nc(N[C@@]23C[C@@H]2[C@H](Nc2nc(=O)n(Cc4ccc[nH]c4=O)c(=O)n2Cc2cc(F)c(F)c(F)c2)C3)n1. The number of halogens is 3. The molecule has 6 rings (SSSR count). The van der Waals surface area contributed by atoms with Crippen molar-refractivity contribution in [1.29, 1.82) is 0 Å². The lowest BCUT2D eigenvalue weighted by Gasteiger charge is -2.36. The van der Waals surface area contributed by atoms with E-state index in [1.54, 1.807) is 6.07 Å². The molecule has 0 spiro atoms. The number of aromatic amines is 1. The molecule has 0 unspecified atom stereocenters. The summed E-state index contributed by atoms with van der Waals surface area (Å²) in [5, 5.41) is 6.54. The lowest BCUT2D eigenvalue weighted by atomic mass is 9.87. The van der Waals surface area contributed by atoms with Crippen molar-refractivity contribution < 1.29 is 13.2 Å². The number of hydrogen-bond acceptors (Lipinski definition) is 8. The largest absolute Gasteiger partial charge is 0.355 e. The maximum Gasteiger partial charge on any atom is 0.355 e. The lowest BCUT2D eigenvalue weighted by molar-refractivity contribution is 0.375. The molecule has 2 aliphatic carbocycles. The number of aromatic nitrogens is 6. The van der Waals surface area contributed by atoms with Gasteiger partial charge in [-0.05, 0) is 56.5 Å². The van der Waals surface area contributed by atoms with Gasteiger partial charge in [-0.3, -0.25) is 9.36 Å². The number of anilines is 2. The second kappa shape index (κ2) is 9.71. The summed E-state index contributed by atoms with van der Waals surface area (Å²) in [5.74, 6) is -3.91. The maximum absolute atomic E-state index is 14.0. The molecule has 41 heavy (non-hydrogen) atoms. The number of fused-ring (bicyclic) bond motifs is 1. The van der Waals surface area contributed by atoms with Crippen LogP contribution < -0.4 is 27.6 Å². The molecular formula is C27H25F3N8O3. The number of pyridine rings is 1. The van der Waals surface area contributed by atoms with Gasteiger partial charge in [0, 0.05) is 40.6 Å². The lowest BCUT2D eigenvalue weighted by Crippen LogP contribution is -2.49. The molecule has 0 radical (unpaired) electrons. The standard InChI is InChI=1S/C27H25F3N8O3/c1-13-6-14(2)33-23(32-13)36-27-9-17(27)20(10-27)34-24-35-25(40)38(12-16-4-3-5-31-22(16)39)26(41)37(24)11-15-7-18(28)21(30)19(29)8-15/h3-8,17,20H,9-12H2,1-2H3,(H,31,39)(H,32,33,36)(H,34,35,40)/t17-,20-,27-/m1/s1. The van der Waals surface area contributed by atoms with Gasteiger partial charge in [-0.1, -0.05) is 6.07 Å². The minimum atomic E-state index is -1.63. The molecule has 2 aliphatic rings. The van der Waals surface area contributed by atoms with E-state index in [0.717, 1.165) is 39.1 Å². The summed E-state index contributed by atoms with van der Waals surface area (Å²) in [6.45, 7) is 2.98. The first-order chi connectivity index (χ1) is 19.5. The Hall–Kier alpha value is -4.75. The fraction of sp³-hybridized carbons (Fsp3) is 0.333. The van der Waals surface area contributed by atoms with Crippen molar-refractivity contribution in [2.45, 2.75) is 51.4 Å². The highest BCUT2D eigenvalue weighted by Gasteiger charge is 2.68. The highest BCUT2D eigenvalue weighted by molar-refractivity contribution is 5.46. The minimum Gasteiger partial charge on any atom is -0.352 e. The van der Waals surface area contributed by atoms with E-state index >= 15 is 0 Å². The van der Waals surface area contributed by atoms with Crippen LogP contribution in [0.4, 0.5) is 25.1 Å². The molecule has 3 N–H and O–H groups in total. The third-order valence-corrected chi connectivity index (χ3v) is 7.62. The molecule has 0 aliphatic heterocycles. The van der Waals surface area contributed by atoms with Gasteiger partial charge in [0.15, 0.2) is 17.5 Å². The van der Waals surface area contributed by atoms with Crippen LogP contribution in [0.25, 0.3) is 0 Å². The van der Waals surface area contributed by atoms with Crippen molar-refractivity contribution >= 4 is 11.9 Å². The average Bonchev–Trinajstić information content (AvgIpc) is 3.48. The molecule has 4 aromatic rings. The number of benzene rings is 1. The van der Waals surface area contributed by atoms with E-state index in [9.17, 15) is 27.6 Å². The number of H-pyrrole nitrogens is 1. The minimum absolute atomic E-state index is 0.0564. The normalized spacial score (nSPS) is 20.7. The molecule has 0 amide bonds. The first kappa shape index (κ1) is 26.5. The highest BCUT2D eigenvalue weighted by Crippen LogP contribution is 2.61. The molecular weight excluding hydrogens is 541 g/mol. The molecule has 2 fully saturated rings. The van der Waals surface area contributed by atoms with Crippen molar-refractivity contribution in [3.8, 4) is 0 Å². The summed E-state index contributed by atoms with van der Waals surface area (Å²) in [6.07, 6.45) is 2.83. The van der Waals surface area contributed by atoms with Crippen molar-refractivity contribution in [3.05, 3.63) is 108 Å². The van der Waals surface area contributed by atoms with Gasteiger partial charge in [0.05, 0.1) is 13.1 Å². The molecule has 1 aromatic carbocycles. The second-order valence-corrected chi connectivity index (χ2v) is 10.6. The van der Waals surface area contributed by atoms with Crippen molar-refractivity contribution in [2.24, 2.45) is 5.92 Å². The third-order valence-electron chi connectivity index (χ3n) is 7.62. The fourth-order valence-electron chi connectivity index (χ4n) is 5.54. The summed E-state index contributed by atoms with van der Waals surface area (Å²) < 4.78 is 43.3. The van der Waals surface area contributed by atoms with Crippen LogP contribution in [-0.4, -0.2) is 40.7 Å². The van der Waals surface area contributed by atoms with E-state index in [2.05, 4.69) is 30.6 Å². The van der Waals surface area contributed by atoms with E-state index in [0.29, 0.717) is 12.4 Å². The average molecular weight is 567 g/mol. The zero-order chi connectivity index (χ0) is 29.1. The number of rotatable bonds is 8. The molecule has 0 bridgehead atoms. The van der Waals surface area contributed by atoms with Crippen LogP contribution in [0.3, 0.4) is 0 Å². The van der Waals surface area contributed by atoms with Gasteiger partial charge < -0.3 is 15.6 Å². The molecule has 3 aromatic heterocycles. The van der Waals surface area contributed by atoms with Gasteiger partial charge in [-0.15, -0.1) is 0 Å². The summed E-state index contributed by atoms with van der Waals surface area (Å²) in [4.78, 5) is 54.1. The van der Waals surface area contributed by atoms with E-state index < -0.39 is 40.9 Å². The van der Waals surface area contributed by atoms with Crippen LogP contribution in [-0.2, 0) is 13.1 Å². The quantitative estimate of drug-likeness (QED) is 0.276. The monoisotopic (exact) mass is 566 g/mol. The molecule has 3 heterocycles. The number of aryl methyl sites for hydroxylation is 2. The molecule has 2 saturated carbocycles. The molecule has 14 heteroatoms. The molecule has 11 nitrogen and oxygen atoms in total. The Bertz CT molecular complexity index is 1830. The van der Waals surface area contributed by atoms with Crippen molar-refractivity contribution in [2.75, 3.05) is 10.6 Å². The van der Waals surface area contributed by atoms with E-state index in [1.165, 1.54) is 12.3 Å². The Kier molecular flexibility index (Phi) is 6.27. The van der Waals surface area contributed by atoms with E-state index in [-0.39, 0.29) is 41.1 Å². The van der Waals surface area contributed by atoms with Crippen LogP contribution in [0.15, 0.2) is 50.9 Å². The summed E-state index contributed by atoms with van der Waals surface area (Å²) >= 11 is 0. The molecule has 3 atom stereocenters. The number of nitrogens with zero attached hydrogens (tertiary/aromatic N) is 5. The zero-order valence-electron chi connectivity index (χ0n) is 22.0. The van der Waals surface area contributed by atoms with Crippen LogP contribution in [0.1, 0.15) is 35.4 Å². The Morgan fingerprint density at radius 3 is 2.34 bits per heavy atom. The van der Waals surface area contributed by atoms with Crippen LogP contribution >= 0.6 is 0 Å². The highest BCUT2D eigenvalue weighted by atomic mass is 19.2. The number of hydrogen-bond donors (Lipinski definition) is 3. The van der Waals surface area contributed by atoms with Crippen LogP contribution in [0.2, 0.25) is 0 Å². The molecule has 212 valence electrons. The van der Waals surface area contributed by atoms with Gasteiger partial charge in [-0.2, -0.15) is 4.98 Å². The number of nitrogens with one attached hydrogen (secondary N) is 3. The van der Waals surface area contributed by atoms with Gasteiger partial charge in [-0.25, -0.2) is 37.3 Å². The van der Waals surface area contributed by atoms with Gasteiger partial charge in [0.2, 0.25) is 11.9 Å². The van der Waals surface area contributed by atoms with E-state index in [4.69, 9.17) is 0 Å². The Labute approximate surface area is 230 Å². The first-order valence-electron chi connectivity index (χ1n) is 12.9. The summed E-state index contributed by atoms with van der Waals surface area (Å²) in [6, 6.07) is 6.26. The van der Waals surface area contributed by atoms with Gasteiger partial charge >= 0.3 is 11.4 Å². The van der Waals surface area contributed by atoms with E-state index in [1.807, 2.05) is 19.9 Å². The maximum atomic E-state index is 14.0. The summed E-state index contributed by atoms with van der Waals surface area (Å²) in [7, 11) is 0.